The summed E-state index contributed by atoms with van der Waals surface area (Å²) in [5.74, 6) is -0.0932. The summed E-state index contributed by atoms with van der Waals surface area (Å²) in [5, 5.41) is 3.07. The third-order valence-corrected chi connectivity index (χ3v) is 2.55. The third-order valence-electron chi connectivity index (χ3n) is 2.55. The summed E-state index contributed by atoms with van der Waals surface area (Å²) in [7, 11) is 1.41. The van der Waals surface area contributed by atoms with Crippen LogP contribution >= 0.6 is 0 Å². The van der Waals surface area contributed by atoms with Crippen molar-refractivity contribution in [3.63, 3.8) is 0 Å². The zero-order valence-corrected chi connectivity index (χ0v) is 8.42. The molecule has 1 aliphatic rings. The average Bonchev–Trinajstić information content (AvgIpc) is 2.65. The van der Waals surface area contributed by atoms with E-state index in [1.807, 2.05) is 0 Å². The van der Waals surface area contributed by atoms with Gasteiger partial charge in [-0.15, -0.1) is 0 Å². The van der Waals surface area contributed by atoms with Crippen molar-refractivity contribution in [3.8, 4) is 5.75 Å². The Morgan fingerprint density at radius 2 is 2.33 bits per heavy atom. The Balaban J connectivity index is 2.32. The van der Waals surface area contributed by atoms with Gasteiger partial charge in [-0.2, -0.15) is 0 Å². The number of carbonyl (C=O) groups is 1. The number of Topliss-reactive ketones (excluding diaryl/α,β-unsaturated/α-hetero) is 1. The Morgan fingerprint density at radius 1 is 1.53 bits per heavy atom. The summed E-state index contributed by atoms with van der Waals surface area (Å²) in [5.41, 5.74) is 0.760. The number of ketones is 1. The van der Waals surface area contributed by atoms with E-state index in [0.717, 1.165) is 5.56 Å². The van der Waals surface area contributed by atoms with E-state index in [1.165, 1.54) is 13.2 Å². The third kappa shape index (κ3) is 1.85. The Hall–Kier alpha value is -1.42. The van der Waals surface area contributed by atoms with Crippen LogP contribution < -0.4 is 10.1 Å². The summed E-state index contributed by atoms with van der Waals surface area (Å²) >= 11 is 0. The Morgan fingerprint density at radius 3 is 2.93 bits per heavy atom. The van der Waals surface area contributed by atoms with Gasteiger partial charge in [0.2, 0.25) is 0 Å². The fourth-order valence-corrected chi connectivity index (χ4v) is 1.76. The molecule has 1 saturated heterocycles. The quantitative estimate of drug-likeness (QED) is 0.800. The normalized spacial score (nSPS) is 20.7. The summed E-state index contributed by atoms with van der Waals surface area (Å²) in [4.78, 5) is 11.5. The monoisotopic (exact) mass is 209 g/mol. The van der Waals surface area contributed by atoms with E-state index in [9.17, 15) is 9.18 Å². The molecule has 1 fully saturated rings. The molecule has 0 aliphatic carbocycles. The van der Waals surface area contributed by atoms with Crippen molar-refractivity contribution in [3.05, 3.63) is 29.6 Å². The van der Waals surface area contributed by atoms with Crippen molar-refractivity contribution >= 4 is 5.78 Å². The van der Waals surface area contributed by atoms with Crippen molar-refractivity contribution in [2.24, 2.45) is 0 Å². The van der Waals surface area contributed by atoms with Crippen LogP contribution in [0.4, 0.5) is 4.39 Å². The first-order valence-electron chi connectivity index (χ1n) is 4.82. The minimum Gasteiger partial charge on any atom is -0.494 e. The average molecular weight is 209 g/mol. The molecule has 1 heterocycles. The second kappa shape index (κ2) is 3.98. The lowest BCUT2D eigenvalue weighted by atomic mass is 10.0. The molecular weight excluding hydrogens is 197 g/mol. The number of carbonyl (C=O) groups excluding carboxylic acids is 1. The fraction of sp³-hybridized carbons (Fsp3) is 0.364. The Labute approximate surface area is 87.2 Å². The summed E-state index contributed by atoms with van der Waals surface area (Å²) in [6.07, 6.45) is 0.532. The summed E-state index contributed by atoms with van der Waals surface area (Å²) in [6, 6.07) is 4.19. The van der Waals surface area contributed by atoms with Gasteiger partial charge in [-0.25, -0.2) is 4.39 Å². The van der Waals surface area contributed by atoms with Crippen LogP contribution in [0, 0.1) is 5.82 Å². The molecule has 15 heavy (non-hydrogen) atoms. The van der Waals surface area contributed by atoms with Gasteiger partial charge in [-0.1, -0.05) is 6.07 Å². The molecule has 4 heteroatoms. The maximum atomic E-state index is 13.1. The number of rotatable bonds is 2. The number of ether oxygens (including phenoxy) is 1. The molecule has 1 unspecified atom stereocenters. The molecule has 0 saturated carbocycles. The minimum atomic E-state index is -0.410. The van der Waals surface area contributed by atoms with Crippen LogP contribution in [-0.4, -0.2) is 19.4 Å². The topological polar surface area (TPSA) is 38.3 Å². The molecule has 1 atom stereocenters. The summed E-state index contributed by atoms with van der Waals surface area (Å²) < 4.78 is 18.0. The molecule has 1 aliphatic heterocycles. The molecule has 0 aromatic heterocycles. The van der Waals surface area contributed by atoms with Crippen LogP contribution in [0.5, 0.6) is 5.75 Å². The van der Waals surface area contributed by atoms with Crippen LogP contribution in [0.1, 0.15) is 18.0 Å². The highest BCUT2D eigenvalue weighted by atomic mass is 19.1. The lowest BCUT2D eigenvalue weighted by molar-refractivity contribution is -0.118. The van der Waals surface area contributed by atoms with Crippen molar-refractivity contribution in [2.75, 3.05) is 13.7 Å². The molecule has 2 rings (SSSR count). The second-order valence-electron chi connectivity index (χ2n) is 3.50. The van der Waals surface area contributed by atoms with E-state index in [1.54, 1.807) is 12.1 Å². The van der Waals surface area contributed by atoms with E-state index >= 15 is 0 Å². The van der Waals surface area contributed by atoms with Gasteiger partial charge in [-0.05, 0) is 17.7 Å². The standard InChI is InChI=1S/C11H12FNO2/c1-15-10-6-7(2-3-8(10)12)11-9(14)4-5-13-11/h2-3,6,11,13H,4-5H2,1H3. The smallest absolute Gasteiger partial charge is 0.165 e. The van der Waals surface area contributed by atoms with E-state index < -0.39 is 5.82 Å². The predicted molar refractivity (Wildman–Crippen MR) is 53.3 cm³/mol. The van der Waals surface area contributed by atoms with Gasteiger partial charge in [0.05, 0.1) is 13.2 Å². The van der Waals surface area contributed by atoms with Crippen LogP contribution in [0.3, 0.4) is 0 Å². The zero-order chi connectivity index (χ0) is 10.8. The number of nitrogens with one attached hydrogen (secondary N) is 1. The predicted octanol–water partition coefficient (Wildman–Crippen LogP) is 1.44. The van der Waals surface area contributed by atoms with E-state index in [0.29, 0.717) is 13.0 Å². The first kappa shape index (κ1) is 10.1. The van der Waals surface area contributed by atoms with Crippen molar-refractivity contribution < 1.29 is 13.9 Å². The first-order valence-corrected chi connectivity index (χ1v) is 4.82. The lowest BCUT2D eigenvalue weighted by Crippen LogP contribution is -2.17. The Kier molecular flexibility index (Phi) is 2.68. The summed E-state index contributed by atoms with van der Waals surface area (Å²) in [6.45, 7) is 0.684. The van der Waals surface area contributed by atoms with E-state index in [2.05, 4.69) is 5.32 Å². The van der Waals surface area contributed by atoms with E-state index in [4.69, 9.17) is 4.74 Å². The lowest BCUT2D eigenvalue weighted by Gasteiger charge is -2.11. The second-order valence-corrected chi connectivity index (χ2v) is 3.50. The molecule has 0 bridgehead atoms. The number of halogens is 1. The molecular formula is C11H12FNO2. The molecule has 0 radical (unpaired) electrons. The maximum Gasteiger partial charge on any atom is 0.165 e. The fourth-order valence-electron chi connectivity index (χ4n) is 1.76. The highest BCUT2D eigenvalue weighted by Gasteiger charge is 2.25. The molecule has 80 valence electrons. The number of benzene rings is 1. The van der Waals surface area contributed by atoms with Gasteiger partial charge in [0, 0.05) is 13.0 Å². The van der Waals surface area contributed by atoms with Crippen LogP contribution in [-0.2, 0) is 4.79 Å². The molecule has 1 N–H and O–H groups in total. The highest BCUT2D eigenvalue weighted by Crippen LogP contribution is 2.25. The van der Waals surface area contributed by atoms with Crippen molar-refractivity contribution in [1.82, 2.24) is 5.32 Å². The minimum absolute atomic E-state index is 0.142. The van der Waals surface area contributed by atoms with Crippen molar-refractivity contribution in [1.29, 1.82) is 0 Å². The van der Waals surface area contributed by atoms with Gasteiger partial charge < -0.3 is 10.1 Å². The largest absolute Gasteiger partial charge is 0.494 e. The van der Waals surface area contributed by atoms with Gasteiger partial charge >= 0.3 is 0 Å². The van der Waals surface area contributed by atoms with Gasteiger partial charge in [0.1, 0.15) is 0 Å². The molecule has 0 amide bonds. The van der Waals surface area contributed by atoms with Gasteiger partial charge in [-0.3, -0.25) is 4.79 Å². The van der Waals surface area contributed by atoms with Crippen LogP contribution in [0.25, 0.3) is 0 Å². The zero-order valence-electron chi connectivity index (χ0n) is 8.42. The molecule has 3 nitrogen and oxygen atoms in total. The maximum absolute atomic E-state index is 13.1. The number of methoxy groups -OCH3 is 1. The van der Waals surface area contributed by atoms with Gasteiger partial charge in [0.15, 0.2) is 17.3 Å². The Bertz CT molecular complexity index is 392. The molecule has 1 aromatic rings. The van der Waals surface area contributed by atoms with Gasteiger partial charge in [0.25, 0.3) is 0 Å². The first-order chi connectivity index (χ1) is 7.22. The SMILES string of the molecule is COc1cc(C2NCCC2=O)ccc1F. The van der Waals surface area contributed by atoms with Crippen LogP contribution in [0.15, 0.2) is 18.2 Å². The number of hydrogen-bond donors (Lipinski definition) is 1. The molecule has 1 aromatic carbocycles. The molecule has 0 spiro atoms. The highest BCUT2D eigenvalue weighted by molar-refractivity contribution is 5.87. The van der Waals surface area contributed by atoms with Crippen molar-refractivity contribution in [2.45, 2.75) is 12.5 Å². The number of hydrogen-bond acceptors (Lipinski definition) is 3. The van der Waals surface area contributed by atoms with Crippen LogP contribution in [0.2, 0.25) is 0 Å². The van der Waals surface area contributed by atoms with E-state index in [-0.39, 0.29) is 17.6 Å².